The van der Waals surface area contributed by atoms with Crippen LogP contribution in [0.2, 0.25) is 0 Å². The molecule has 0 fully saturated rings. The predicted molar refractivity (Wildman–Crippen MR) is 114 cm³/mol. The third-order valence-corrected chi connectivity index (χ3v) is 6.25. The molecule has 5 nitrogen and oxygen atoms in total. The Kier molecular flexibility index (Phi) is 5.50. The van der Waals surface area contributed by atoms with Crippen molar-refractivity contribution in [3.8, 4) is 5.75 Å². The molecule has 0 spiro atoms. The van der Waals surface area contributed by atoms with Crippen molar-refractivity contribution in [3.63, 3.8) is 0 Å². The van der Waals surface area contributed by atoms with Crippen molar-refractivity contribution in [2.75, 3.05) is 6.54 Å². The van der Waals surface area contributed by atoms with E-state index < -0.39 is 0 Å². The first-order valence-electron chi connectivity index (χ1n) is 9.63. The number of phenols is 1. The van der Waals surface area contributed by atoms with E-state index in [1.54, 1.807) is 23.5 Å². The van der Waals surface area contributed by atoms with Gasteiger partial charge in [0, 0.05) is 41.2 Å². The van der Waals surface area contributed by atoms with Gasteiger partial charge in [-0.1, -0.05) is 24.3 Å². The molecule has 146 valence electrons. The molecule has 2 heterocycles. The van der Waals surface area contributed by atoms with Gasteiger partial charge in [0.1, 0.15) is 5.75 Å². The van der Waals surface area contributed by atoms with Gasteiger partial charge in [0.25, 0.3) is 0 Å². The Balaban J connectivity index is 1.24. The van der Waals surface area contributed by atoms with Crippen LogP contribution in [0.1, 0.15) is 22.9 Å². The molecule has 2 unspecified atom stereocenters. The monoisotopic (exact) mass is 395 g/mol. The number of hydrogen-bond donors (Lipinski definition) is 4. The maximum atomic E-state index is 12.3. The molecule has 3 aromatic rings. The van der Waals surface area contributed by atoms with Crippen LogP contribution in [0.15, 0.2) is 48.5 Å². The molecule has 2 amide bonds. The minimum absolute atomic E-state index is 0.0658. The summed E-state index contributed by atoms with van der Waals surface area (Å²) in [6.45, 7) is 3.31. The zero-order valence-electron chi connectivity index (χ0n) is 15.9. The fraction of sp³-hybridized carbons (Fsp3) is 0.318. The normalized spacial score (nSPS) is 17.1. The summed E-state index contributed by atoms with van der Waals surface area (Å²) >= 11 is 1.78. The van der Waals surface area contributed by atoms with Gasteiger partial charge >= 0.3 is 6.03 Å². The van der Waals surface area contributed by atoms with E-state index in [4.69, 9.17) is 0 Å². The minimum Gasteiger partial charge on any atom is -0.508 e. The summed E-state index contributed by atoms with van der Waals surface area (Å²) in [6.07, 6.45) is 1.67. The van der Waals surface area contributed by atoms with Gasteiger partial charge in [-0.25, -0.2) is 4.79 Å². The Bertz CT molecular complexity index is 952. The van der Waals surface area contributed by atoms with Gasteiger partial charge in [0.05, 0.1) is 0 Å². The molecular formula is C22H25N3O2S. The minimum atomic E-state index is -0.132. The van der Waals surface area contributed by atoms with E-state index in [-0.39, 0.29) is 18.1 Å². The summed E-state index contributed by atoms with van der Waals surface area (Å²) in [4.78, 5) is 13.5. The van der Waals surface area contributed by atoms with Crippen LogP contribution >= 0.6 is 11.3 Å². The Morgan fingerprint density at radius 2 is 2.11 bits per heavy atom. The summed E-state index contributed by atoms with van der Waals surface area (Å²) in [7, 11) is 0. The van der Waals surface area contributed by atoms with Gasteiger partial charge in [-0.3, -0.25) is 0 Å². The zero-order valence-corrected chi connectivity index (χ0v) is 16.7. The van der Waals surface area contributed by atoms with Gasteiger partial charge < -0.3 is 21.1 Å². The number of phenolic OH excluding ortho intramolecular Hbond substituents is 1. The van der Waals surface area contributed by atoms with Crippen molar-refractivity contribution in [1.82, 2.24) is 16.0 Å². The summed E-state index contributed by atoms with van der Waals surface area (Å²) in [6, 6.07) is 16.2. The van der Waals surface area contributed by atoms with E-state index in [0.29, 0.717) is 18.8 Å². The number of amides is 2. The molecule has 0 saturated carbocycles. The number of urea groups is 1. The van der Waals surface area contributed by atoms with Crippen LogP contribution in [0.4, 0.5) is 4.79 Å². The van der Waals surface area contributed by atoms with Crippen LogP contribution in [-0.4, -0.2) is 29.8 Å². The molecule has 1 aliphatic heterocycles. The summed E-state index contributed by atoms with van der Waals surface area (Å²) < 4.78 is 1.28. The molecule has 0 radical (unpaired) electrons. The maximum absolute atomic E-state index is 12.3. The quantitative estimate of drug-likeness (QED) is 0.534. The molecule has 0 aliphatic carbocycles. The van der Waals surface area contributed by atoms with Crippen LogP contribution in [0.3, 0.4) is 0 Å². The Morgan fingerprint density at radius 1 is 1.25 bits per heavy atom. The number of fused-ring (bicyclic) bond motifs is 2. The first kappa shape index (κ1) is 18.8. The number of rotatable bonds is 5. The van der Waals surface area contributed by atoms with E-state index in [0.717, 1.165) is 18.4 Å². The highest BCUT2D eigenvalue weighted by Crippen LogP contribution is 2.26. The van der Waals surface area contributed by atoms with Gasteiger partial charge in [-0.2, -0.15) is 0 Å². The Hall–Kier alpha value is -2.57. The van der Waals surface area contributed by atoms with E-state index in [1.165, 1.54) is 20.5 Å². The smallest absolute Gasteiger partial charge is 0.315 e. The first-order chi connectivity index (χ1) is 13.6. The standard InChI is InChI=1S/C22H25N3O2S/c1-14(8-20-11-16-4-2-3-5-21(16)28-20)25-22(27)24-13-18-9-15-6-7-19(26)10-17(15)12-23-18/h2-7,10-11,14,18,23,26H,8-9,12-13H2,1H3,(H2,24,25,27). The largest absolute Gasteiger partial charge is 0.508 e. The average Bonchev–Trinajstić information content (AvgIpc) is 3.08. The molecule has 0 saturated heterocycles. The van der Waals surface area contributed by atoms with Gasteiger partial charge in [0.2, 0.25) is 0 Å². The third-order valence-electron chi connectivity index (χ3n) is 5.11. The fourth-order valence-electron chi connectivity index (χ4n) is 3.69. The van der Waals surface area contributed by atoms with Crippen molar-refractivity contribution in [2.24, 2.45) is 0 Å². The molecule has 0 bridgehead atoms. The lowest BCUT2D eigenvalue weighted by Gasteiger charge is -2.26. The number of carbonyl (C=O) groups is 1. The number of hydrogen-bond acceptors (Lipinski definition) is 4. The Labute approximate surface area is 168 Å². The second-order valence-electron chi connectivity index (χ2n) is 7.45. The van der Waals surface area contributed by atoms with Crippen molar-refractivity contribution < 1.29 is 9.90 Å². The van der Waals surface area contributed by atoms with Crippen LogP contribution in [0.25, 0.3) is 10.1 Å². The second-order valence-corrected chi connectivity index (χ2v) is 8.61. The topological polar surface area (TPSA) is 73.4 Å². The van der Waals surface area contributed by atoms with Crippen LogP contribution in [0.5, 0.6) is 5.75 Å². The lowest BCUT2D eigenvalue weighted by atomic mass is 9.95. The highest BCUT2D eigenvalue weighted by molar-refractivity contribution is 7.19. The lowest BCUT2D eigenvalue weighted by Crippen LogP contribution is -2.48. The number of nitrogens with one attached hydrogen (secondary N) is 3. The highest BCUT2D eigenvalue weighted by atomic mass is 32.1. The van der Waals surface area contributed by atoms with E-state index in [2.05, 4.69) is 40.2 Å². The van der Waals surface area contributed by atoms with Crippen molar-refractivity contribution in [2.45, 2.75) is 38.4 Å². The highest BCUT2D eigenvalue weighted by Gasteiger charge is 2.19. The van der Waals surface area contributed by atoms with Crippen molar-refractivity contribution >= 4 is 27.5 Å². The van der Waals surface area contributed by atoms with Crippen LogP contribution < -0.4 is 16.0 Å². The van der Waals surface area contributed by atoms with Crippen molar-refractivity contribution in [1.29, 1.82) is 0 Å². The molecule has 2 atom stereocenters. The predicted octanol–water partition coefficient (Wildman–Crippen LogP) is 3.55. The number of thiophene rings is 1. The molecule has 28 heavy (non-hydrogen) atoms. The molecule has 6 heteroatoms. The first-order valence-corrected chi connectivity index (χ1v) is 10.4. The van der Waals surface area contributed by atoms with E-state index in [9.17, 15) is 9.90 Å². The van der Waals surface area contributed by atoms with E-state index >= 15 is 0 Å². The average molecular weight is 396 g/mol. The number of benzene rings is 2. The van der Waals surface area contributed by atoms with Gasteiger partial charge in [-0.15, -0.1) is 11.3 Å². The molecular weight excluding hydrogens is 370 g/mol. The molecule has 1 aliphatic rings. The van der Waals surface area contributed by atoms with Gasteiger partial charge in [-0.05, 0) is 54.1 Å². The molecule has 1 aromatic heterocycles. The third kappa shape index (κ3) is 4.46. The second kappa shape index (κ2) is 8.20. The SMILES string of the molecule is CC(Cc1cc2ccccc2s1)NC(=O)NCC1Cc2ccc(O)cc2CN1. The zero-order chi connectivity index (χ0) is 19.5. The van der Waals surface area contributed by atoms with Crippen molar-refractivity contribution in [3.05, 3.63) is 64.5 Å². The molecule has 4 rings (SSSR count). The lowest BCUT2D eigenvalue weighted by molar-refractivity contribution is 0.236. The number of carbonyl (C=O) groups excluding carboxylic acids is 1. The van der Waals surface area contributed by atoms with Crippen LogP contribution in [-0.2, 0) is 19.4 Å². The summed E-state index contributed by atoms with van der Waals surface area (Å²) in [5, 5.41) is 20.3. The molecule has 4 N–H and O–H groups in total. The molecule has 2 aromatic carbocycles. The van der Waals surface area contributed by atoms with Crippen LogP contribution in [0, 0.1) is 0 Å². The maximum Gasteiger partial charge on any atom is 0.315 e. The summed E-state index contributed by atoms with van der Waals surface area (Å²) in [5.41, 5.74) is 2.35. The fourth-order valence-corrected chi connectivity index (χ4v) is 4.89. The van der Waals surface area contributed by atoms with E-state index in [1.807, 2.05) is 19.1 Å². The summed E-state index contributed by atoms with van der Waals surface area (Å²) in [5.74, 6) is 0.295. The number of aromatic hydroxyl groups is 1. The van der Waals surface area contributed by atoms with Gasteiger partial charge in [0.15, 0.2) is 0 Å². The Morgan fingerprint density at radius 3 is 2.96 bits per heavy atom.